The van der Waals surface area contributed by atoms with Crippen LogP contribution in [0.1, 0.15) is 34.0 Å². The molecule has 1 unspecified atom stereocenters. The van der Waals surface area contributed by atoms with Crippen molar-refractivity contribution in [3.8, 4) is 5.75 Å². The summed E-state index contributed by atoms with van der Waals surface area (Å²) in [5.74, 6) is 0.892. The highest BCUT2D eigenvalue weighted by Crippen LogP contribution is 2.38. The smallest absolute Gasteiger partial charge is 0.120 e. The number of aryl methyl sites for hydroxylation is 1. The molecule has 0 saturated carbocycles. The molecule has 0 aromatic heterocycles. The predicted octanol–water partition coefficient (Wildman–Crippen LogP) is 5.95. The van der Waals surface area contributed by atoms with Crippen LogP contribution in [0.5, 0.6) is 5.75 Å². The minimum atomic E-state index is 0.174. The van der Waals surface area contributed by atoms with Crippen molar-refractivity contribution in [1.82, 2.24) is 0 Å². The molecule has 3 heteroatoms. The second kappa shape index (κ2) is 6.77. The molecule has 106 valence electrons. The lowest BCUT2D eigenvalue weighted by atomic mass is 9.97. The lowest BCUT2D eigenvalue weighted by Crippen LogP contribution is -1.99. The molecule has 20 heavy (non-hydrogen) atoms. The van der Waals surface area contributed by atoms with Crippen molar-refractivity contribution in [3.63, 3.8) is 0 Å². The number of alkyl halides is 1. The summed E-state index contributed by atoms with van der Waals surface area (Å²) in [6.45, 7) is 6.99. The van der Waals surface area contributed by atoms with Gasteiger partial charge in [-0.05, 0) is 55.2 Å². The molecule has 0 bridgehead atoms. The van der Waals surface area contributed by atoms with Gasteiger partial charge in [-0.3, -0.25) is 0 Å². The van der Waals surface area contributed by atoms with Crippen molar-refractivity contribution < 1.29 is 4.74 Å². The molecule has 1 atom stereocenters. The standard InChI is InChI=1S/C17H18Br2O/c1-4-20-13-8-9-15(16(18)10-13)17(19)14-7-5-6-11(2)12(14)3/h5-10,17H,4H2,1-3H3. The predicted molar refractivity (Wildman–Crippen MR) is 92.0 cm³/mol. The number of halogens is 2. The monoisotopic (exact) mass is 396 g/mol. The average Bonchev–Trinajstić information content (AvgIpc) is 2.42. The van der Waals surface area contributed by atoms with Crippen LogP contribution in [0.25, 0.3) is 0 Å². The van der Waals surface area contributed by atoms with E-state index in [-0.39, 0.29) is 4.83 Å². The maximum absolute atomic E-state index is 5.52. The first-order valence-electron chi connectivity index (χ1n) is 6.67. The molecule has 0 aliphatic carbocycles. The van der Waals surface area contributed by atoms with Gasteiger partial charge in [0.25, 0.3) is 0 Å². The Morgan fingerprint density at radius 1 is 1.10 bits per heavy atom. The van der Waals surface area contributed by atoms with Gasteiger partial charge in [0.2, 0.25) is 0 Å². The van der Waals surface area contributed by atoms with Crippen molar-refractivity contribution in [2.75, 3.05) is 6.61 Å². The number of benzene rings is 2. The normalized spacial score (nSPS) is 12.2. The van der Waals surface area contributed by atoms with Gasteiger partial charge in [0.05, 0.1) is 11.4 Å². The van der Waals surface area contributed by atoms with Gasteiger partial charge < -0.3 is 4.74 Å². The molecule has 0 fully saturated rings. The number of hydrogen-bond donors (Lipinski definition) is 0. The molecular weight excluding hydrogens is 380 g/mol. The highest BCUT2D eigenvalue weighted by Gasteiger charge is 2.16. The maximum atomic E-state index is 5.52. The summed E-state index contributed by atoms with van der Waals surface area (Å²) in [4.78, 5) is 0.174. The minimum absolute atomic E-state index is 0.174. The van der Waals surface area contributed by atoms with E-state index < -0.39 is 0 Å². The van der Waals surface area contributed by atoms with Crippen LogP contribution in [-0.4, -0.2) is 6.61 Å². The maximum Gasteiger partial charge on any atom is 0.120 e. The lowest BCUT2D eigenvalue weighted by molar-refractivity contribution is 0.340. The first-order chi connectivity index (χ1) is 9.54. The van der Waals surface area contributed by atoms with Crippen molar-refractivity contribution >= 4 is 31.9 Å². The third kappa shape index (κ3) is 3.26. The second-order valence-electron chi connectivity index (χ2n) is 4.77. The second-order valence-corrected chi connectivity index (χ2v) is 6.54. The number of hydrogen-bond acceptors (Lipinski definition) is 1. The Bertz CT molecular complexity index is 608. The molecule has 0 aliphatic rings. The molecule has 0 saturated heterocycles. The Morgan fingerprint density at radius 2 is 1.85 bits per heavy atom. The Hall–Kier alpha value is -0.800. The molecule has 1 nitrogen and oxygen atoms in total. The molecule has 0 radical (unpaired) electrons. The minimum Gasteiger partial charge on any atom is -0.494 e. The van der Waals surface area contributed by atoms with Gasteiger partial charge in [0.1, 0.15) is 5.75 Å². The van der Waals surface area contributed by atoms with Gasteiger partial charge >= 0.3 is 0 Å². The van der Waals surface area contributed by atoms with Crippen LogP contribution in [0.15, 0.2) is 40.9 Å². The van der Waals surface area contributed by atoms with Crippen LogP contribution in [0, 0.1) is 13.8 Å². The molecule has 2 aromatic rings. The molecule has 0 N–H and O–H groups in total. The number of ether oxygens (including phenoxy) is 1. The van der Waals surface area contributed by atoms with Crippen LogP contribution in [0.4, 0.5) is 0 Å². The summed E-state index contributed by atoms with van der Waals surface area (Å²) in [5, 5.41) is 0. The lowest BCUT2D eigenvalue weighted by Gasteiger charge is -2.17. The first kappa shape index (κ1) is 15.6. The highest BCUT2D eigenvalue weighted by atomic mass is 79.9. The number of rotatable bonds is 4. The van der Waals surface area contributed by atoms with Gasteiger partial charge in [0, 0.05) is 4.47 Å². The summed E-state index contributed by atoms with van der Waals surface area (Å²) in [6.07, 6.45) is 0. The van der Waals surface area contributed by atoms with Crippen LogP contribution in [-0.2, 0) is 0 Å². The van der Waals surface area contributed by atoms with Crippen LogP contribution >= 0.6 is 31.9 Å². The zero-order valence-corrected chi connectivity index (χ0v) is 15.1. The molecule has 2 rings (SSSR count). The topological polar surface area (TPSA) is 9.23 Å². The van der Waals surface area contributed by atoms with E-state index in [4.69, 9.17) is 4.74 Å². The summed E-state index contributed by atoms with van der Waals surface area (Å²) in [7, 11) is 0. The Kier molecular flexibility index (Phi) is 5.28. The largest absolute Gasteiger partial charge is 0.494 e. The van der Waals surface area contributed by atoms with Crippen LogP contribution in [0.2, 0.25) is 0 Å². The van der Waals surface area contributed by atoms with E-state index in [0.717, 1.165) is 10.2 Å². The van der Waals surface area contributed by atoms with Crippen LogP contribution in [0.3, 0.4) is 0 Å². The zero-order chi connectivity index (χ0) is 14.7. The van der Waals surface area contributed by atoms with Crippen LogP contribution < -0.4 is 4.74 Å². The summed E-state index contributed by atoms with van der Waals surface area (Å²) in [5.41, 5.74) is 5.15. The summed E-state index contributed by atoms with van der Waals surface area (Å²) < 4.78 is 6.59. The van der Waals surface area contributed by atoms with Crippen molar-refractivity contribution in [1.29, 1.82) is 0 Å². The molecule has 0 amide bonds. The van der Waals surface area contributed by atoms with E-state index in [0.29, 0.717) is 6.61 Å². The molecule has 0 heterocycles. The SMILES string of the molecule is CCOc1ccc(C(Br)c2cccc(C)c2C)c(Br)c1. The van der Waals surface area contributed by atoms with E-state index >= 15 is 0 Å². The summed E-state index contributed by atoms with van der Waals surface area (Å²) >= 11 is 7.47. The third-order valence-corrected chi connectivity index (χ3v) is 5.15. The fourth-order valence-electron chi connectivity index (χ4n) is 2.19. The van der Waals surface area contributed by atoms with E-state index in [1.54, 1.807) is 0 Å². The third-order valence-electron chi connectivity index (χ3n) is 3.48. The highest BCUT2D eigenvalue weighted by molar-refractivity contribution is 9.11. The first-order valence-corrected chi connectivity index (χ1v) is 8.38. The fourth-order valence-corrected chi connectivity index (χ4v) is 3.97. The molecular formula is C17H18Br2O. The molecule has 2 aromatic carbocycles. The molecule has 0 aliphatic heterocycles. The van der Waals surface area contributed by atoms with E-state index in [2.05, 4.69) is 70.0 Å². The van der Waals surface area contributed by atoms with Gasteiger partial charge in [0.15, 0.2) is 0 Å². The Morgan fingerprint density at radius 3 is 2.50 bits per heavy atom. The van der Waals surface area contributed by atoms with Gasteiger partial charge in [-0.2, -0.15) is 0 Å². The molecule has 0 spiro atoms. The quantitative estimate of drug-likeness (QED) is 0.579. The average molecular weight is 398 g/mol. The zero-order valence-electron chi connectivity index (χ0n) is 11.9. The summed E-state index contributed by atoms with van der Waals surface area (Å²) in [6, 6.07) is 12.6. The Labute approximate surface area is 137 Å². The fraction of sp³-hybridized carbons (Fsp3) is 0.294. The van der Waals surface area contributed by atoms with Crippen molar-refractivity contribution in [2.24, 2.45) is 0 Å². The van der Waals surface area contributed by atoms with Crippen molar-refractivity contribution in [3.05, 3.63) is 63.1 Å². The Balaban J connectivity index is 2.38. The van der Waals surface area contributed by atoms with Crippen molar-refractivity contribution in [2.45, 2.75) is 25.6 Å². The van der Waals surface area contributed by atoms with E-state index in [1.807, 2.05) is 19.1 Å². The van der Waals surface area contributed by atoms with Gasteiger partial charge in [-0.15, -0.1) is 0 Å². The van der Waals surface area contributed by atoms with E-state index in [9.17, 15) is 0 Å². The van der Waals surface area contributed by atoms with Gasteiger partial charge in [-0.25, -0.2) is 0 Å². The van der Waals surface area contributed by atoms with E-state index in [1.165, 1.54) is 22.3 Å². The van der Waals surface area contributed by atoms with Gasteiger partial charge in [-0.1, -0.05) is 56.1 Å².